The fourth-order valence-electron chi connectivity index (χ4n) is 4.46. The molecule has 41 heavy (non-hydrogen) atoms. The molecule has 218 valence electrons. The van der Waals surface area contributed by atoms with Crippen molar-refractivity contribution in [2.45, 2.75) is 59.4 Å². The average Bonchev–Trinajstić information content (AvgIpc) is 2.88. The summed E-state index contributed by atoms with van der Waals surface area (Å²) in [7, 11) is 0. The van der Waals surface area contributed by atoms with Crippen molar-refractivity contribution in [2.75, 3.05) is 6.54 Å². The molecule has 0 aliphatic heterocycles. The Labute approximate surface area is 236 Å². The Balaban J connectivity index is 1.60. The fourth-order valence-corrected chi connectivity index (χ4v) is 4.46. The lowest BCUT2D eigenvalue weighted by Crippen LogP contribution is -2.41. The van der Waals surface area contributed by atoms with E-state index >= 15 is 0 Å². The van der Waals surface area contributed by atoms with E-state index in [-0.39, 0.29) is 52.0 Å². The first-order chi connectivity index (χ1) is 19.4. The molecule has 2 amide bonds. The minimum atomic E-state index is -0.630. The Kier molecular flexibility index (Phi) is 10.6. The molecule has 2 N–H and O–H groups in total. The van der Waals surface area contributed by atoms with E-state index in [1.54, 1.807) is 0 Å². The number of carbonyl (C=O) groups is 6. The van der Waals surface area contributed by atoms with Crippen molar-refractivity contribution in [1.29, 1.82) is 0 Å². The minimum absolute atomic E-state index is 0.0242. The van der Waals surface area contributed by atoms with E-state index in [9.17, 15) is 28.8 Å². The van der Waals surface area contributed by atoms with Crippen LogP contribution in [-0.2, 0) is 19.2 Å². The highest BCUT2D eigenvalue weighted by Gasteiger charge is 2.25. The summed E-state index contributed by atoms with van der Waals surface area (Å²) >= 11 is 0. The van der Waals surface area contributed by atoms with Crippen molar-refractivity contribution in [1.82, 2.24) is 10.6 Å². The van der Waals surface area contributed by atoms with Crippen LogP contribution in [0.2, 0.25) is 0 Å². The normalized spacial score (nSPS) is 16.1. The molecule has 2 unspecified atom stereocenters. The zero-order valence-electron chi connectivity index (χ0n) is 23.2. The van der Waals surface area contributed by atoms with Gasteiger partial charge in [0, 0.05) is 51.4 Å². The summed E-state index contributed by atoms with van der Waals surface area (Å²) in [6.45, 7) is 5.16. The smallest absolute Gasteiger partial charge is 0.308 e. The standard InChI is InChI=1S/C29H32N2O10/c1-16(32)38-24-10-8-21(13-26(24)40-18(3)34)28(36)30-15-20-6-5-7-23(12-20)31-29(37)22-9-11-25(39-17(2)33)27(14-22)41-19(4)35/h8-11,13-14,20,23H,5-7,12,15H2,1-4H3,(H,30,36)(H,31,37). The molecule has 0 heterocycles. The summed E-state index contributed by atoms with van der Waals surface area (Å²) in [6, 6.07) is 8.22. The molecule has 1 saturated carbocycles. The largest absolute Gasteiger partial charge is 0.423 e. The van der Waals surface area contributed by atoms with Crippen LogP contribution in [0.15, 0.2) is 36.4 Å². The zero-order valence-corrected chi connectivity index (χ0v) is 23.2. The molecule has 2 aromatic rings. The fraction of sp³-hybridized carbons (Fsp3) is 0.379. The number of ether oxygens (including phenoxy) is 4. The summed E-state index contributed by atoms with van der Waals surface area (Å²) in [5.41, 5.74) is 0.451. The van der Waals surface area contributed by atoms with E-state index in [4.69, 9.17) is 18.9 Å². The van der Waals surface area contributed by atoms with Gasteiger partial charge in [-0.15, -0.1) is 0 Å². The second kappa shape index (κ2) is 14.1. The molecular formula is C29H32N2O10. The number of benzene rings is 2. The third kappa shape index (κ3) is 9.45. The monoisotopic (exact) mass is 568 g/mol. The quantitative estimate of drug-likeness (QED) is 0.339. The summed E-state index contributed by atoms with van der Waals surface area (Å²) in [5.74, 6) is -3.17. The van der Waals surface area contributed by atoms with Crippen molar-refractivity contribution in [3.8, 4) is 23.0 Å². The number of esters is 4. The van der Waals surface area contributed by atoms with Gasteiger partial charge in [-0.2, -0.15) is 0 Å². The van der Waals surface area contributed by atoms with Crippen LogP contribution in [0.5, 0.6) is 23.0 Å². The second-order valence-corrected chi connectivity index (χ2v) is 9.61. The van der Waals surface area contributed by atoms with E-state index in [1.165, 1.54) is 64.1 Å². The summed E-state index contributed by atoms with van der Waals surface area (Å²) < 4.78 is 20.3. The molecule has 0 aromatic heterocycles. The molecule has 1 aliphatic carbocycles. The van der Waals surface area contributed by atoms with Gasteiger partial charge in [-0.25, -0.2) is 0 Å². The summed E-state index contributed by atoms with van der Waals surface area (Å²) in [4.78, 5) is 71.3. The van der Waals surface area contributed by atoms with Crippen LogP contribution in [0.3, 0.4) is 0 Å². The third-order valence-electron chi connectivity index (χ3n) is 6.10. The van der Waals surface area contributed by atoms with Crippen molar-refractivity contribution >= 4 is 35.7 Å². The Morgan fingerprint density at radius 2 is 1.12 bits per heavy atom. The first-order valence-electron chi connectivity index (χ1n) is 13.0. The third-order valence-corrected chi connectivity index (χ3v) is 6.10. The van der Waals surface area contributed by atoms with E-state index in [0.717, 1.165) is 19.3 Å². The number of nitrogens with one attached hydrogen (secondary N) is 2. The predicted molar refractivity (Wildman–Crippen MR) is 144 cm³/mol. The molecule has 1 aliphatic rings. The van der Waals surface area contributed by atoms with Crippen LogP contribution in [0.25, 0.3) is 0 Å². The summed E-state index contributed by atoms with van der Waals surface area (Å²) in [5, 5.41) is 5.86. The number of hydrogen-bond donors (Lipinski definition) is 2. The molecule has 0 bridgehead atoms. The molecule has 0 radical (unpaired) electrons. The van der Waals surface area contributed by atoms with Gasteiger partial charge in [-0.05, 0) is 61.6 Å². The maximum Gasteiger partial charge on any atom is 0.308 e. The van der Waals surface area contributed by atoms with E-state index < -0.39 is 29.8 Å². The number of carbonyl (C=O) groups excluding carboxylic acids is 6. The lowest BCUT2D eigenvalue weighted by Gasteiger charge is -2.30. The lowest BCUT2D eigenvalue weighted by molar-refractivity contribution is -0.134. The van der Waals surface area contributed by atoms with Crippen LogP contribution in [-0.4, -0.2) is 48.3 Å². The molecule has 1 fully saturated rings. The Hall–Kier alpha value is -4.74. The molecular weight excluding hydrogens is 536 g/mol. The number of amides is 2. The van der Waals surface area contributed by atoms with Gasteiger partial charge in [0.05, 0.1) is 0 Å². The molecule has 2 atom stereocenters. The molecule has 0 saturated heterocycles. The van der Waals surface area contributed by atoms with Crippen LogP contribution < -0.4 is 29.6 Å². The Morgan fingerprint density at radius 1 is 0.659 bits per heavy atom. The summed E-state index contributed by atoms with van der Waals surface area (Å²) in [6.07, 6.45) is 3.06. The molecule has 3 rings (SSSR count). The van der Waals surface area contributed by atoms with E-state index in [2.05, 4.69) is 10.6 Å². The van der Waals surface area contributed by atoms with Gasteiger partial charge in [0.25, 0.3) is 11.8 Å². The topological polar surface area (TPSA) is 163 Å². The second-order valence-electron chi connectivity index (χ2n) is 9.61. The van der Waals surface area contributed by atoms with Gasteiger partial charge in [0.2, 0.25) is 0 Å². The van der Waals surface area contributed by atoms with Gasteiger partial charge in [-0.1, -0.05) is 6.42 Å². The first kappa shape index (κ1) is 30.8. The van der Waals surface area contributed by atoms with Gasteiger partial charge >= 0.3 is 23.9 Å². The Morgan fingerprint density at radius 3 is 1.61 bits per heavy atom. The predicted octanol–water partition coefficient (Wildman–Crippen LogP) is 3.11. The van der Waals surface area contributed by atoms with Gasteiger partial charge in [0.15, 0.2) is 23.0 Å². The number of rotatable bonds is 9. The molecule has 12 heteroatoms. The van der Waals surface area contributed by atoms with E-state index in [1.807, 2.05) is 0 Å². The van der Waals surface area contributed by atoms with Gasteiger partial charge in [-0.3, -0.25) is 28.8 Å². The van der Waals surface area contributed by atoms with Crippen LogP contribution in [0, 0.1) is 5.92 Å². The van der Waals surface area contributed by atoms with Gasteiger partial charge < -0.3 is 29.6 Å². The molecule has 0 spiro atoms. The number of hydrogen-bond acceptors (Lipinski definition) is 10. The average molecular weight is 569 g/mol. The van der Waals surface area contributed by atoms with Crippen molar-refractivity contribution < 1.29 is 47.7 Å². The lowest BCUT2D eigenvalue weighted by atomic mass is 9.85. The van der Waals surface area contributed by atoms with Crippen LogP contribution in [0.4, 0.5) is 0 Å². The van der Waals surface area contributed by atoms with Crippen LogP contribution in [0.1, 0.15) is 74.1 Å². The SMILES string of the molecule is CC(=O)Oc1ccc(C(=O)NCC2CCCC(NC(=O)c3ccc(OC(C)=O)c(OC(C)=O)c3)C2)cc1OC(C)=O. The zero-order chi connectivity index (χ0) is 30.1. The maximum atomic E-state index is 12.9. The minimum Gasteiger partial charge on any atom is -0.423 e. The van der Waals surface area contributed by atoms with Crippen molar-refractivity contribution in [3.63, 3.8) is 0 Å². The first-order valence-corrected chi connectivity index (χ1v) is 13.0. The van der Waals surface area contributed by atoms with Crippen LogP contribution >= 0.6 is 0 Å². The maximum absolute atomic E-state index is 12.9. The highest BCUT2D eigenvalue weighted by molar-refractivity contribution is 5.96. The van der Waals surface area contributed by atoms with Gasteiger partial charge in [0.1, 0.15) is 0 Å². The molecule has 2 aromatic carbocycles. The van der Waals surface area contributed by atoms with Crippen molar-refractivity contribution in [2.24, 2.45) is 5.92 Å². The molecule has 12 nitrogen and oxygen atoms in total. The van der Waals surface area contributed by atoms with Crippen molar-refractivity contribution in [3.05, 3.63) is 47.5 Å². The highest BCUT2D eigenvalue weighted by Crippen LogP contribution is 2.31. The Bertz CT molecular complexity index is 1350. The van der Waals surface area contributed by atoms with E-state index in [0.29, 0.717) is 13.0 Å². The highest BCUT2D eigenvalue weighted by atomic mass is 16.6.